The van der Waals surface area contributed by atoms with Crippen LogP contribution in [0.1, 0.15) is 67.6 Å². The van der Waals surface area contributed by atoms with Crippen LogP contribution >= 0.6 is 104 Å². The molecule has 12 aromatic carbocycles. The number of nitrogens with zero attached hydrogens (tertiary/aromatic N) is 1. The molecular weight excluding hydrogens is 1490 g/mol. The molecule has 0 unspecified atom stereocenters. The Bertz CT molecular complexity index is 4780. The Balaban J connectivity index is 0.000000190. The van der Waals surface area contributed by atoms with E-state index in [1.54, 1.807) is 41.7 Å². The van der Waals surface area contributed by atoms with Crippen molar-refractivity contribution >= 4 is 132 Å². The van der Waals surface area contributed by atoms with Gasteiger partial charge in [0.2, 0.25) is 0 Å². The van der Waals surface area contributed by atoms with Crippen molar-refractivity contribution in [2.75, 3.05) is 17.4 Å². The Kier molecular flexibility index (Phi) is 26.3. The second-order valence-electron chi connectivity index (χ2n) is 23.0. The van der Waals surface area contributed by atoms with Gasteiger partial charge >= 0.3 is 29.6 Å². The number of phenols is 1. The van der Waals surface area contributed by atoms with Crippen LogP contribution in [0, 0.1) is 11.6 Å². The van der Waals surface area contributed by atoms with E-state index in [9.17, 15) is 13.2 Å². The van der Waals surface area contributed by atoms with Gasteiger partial charge in [0.15, 0.2) is 17.4 Å². The van der Waals surface area contributed by atoms with Crippen LogP contribution < -0.4 is 49.2 Å². The van der Waals surface area contributed by atoms with Crippen molar-refractivity contribution in [1.29, 1.82) is 0 Å². The smallest absolute Gasteiger partial charge is 1.00 e. The van der Waals surface area contributed by atoms with E-state index < -0.39 is 18.8 Å². The summed E-state index contributed by atoms with van der Waals surface area (Å²) in [4.78, 5) is 7.56. The number of nitrogens with one attached hydrogen (secondary N) is 1. The van der Waals surface area contributed by atoms with E-state index in [1.807, 2.05) is 97.1 Å². The summed E-state index contributed by atoms with van der Waals surface area (Å²) in [6, 6.07) is 84.9. The maximum absolute atomic E-state index is 12.5. The molecule has 0 aromatic heterocycles. The number of phenolic OH excluding ortho intramolecular Hbond substituents is 1. The number of fused-ring (bicyclic) bond motifs is 10. The van der Waals surface area contributed by atoms with Crippen molar-refractivity contribution < 1.29 is 60.1 Å². The molecule has 496 valence electrons. The Labute approximate surface area is 644 Å². The van der Waals surface area contributed by atoms with Crippen molar-refractivity contribution in [3.63, 3.8) is 0 Å². The summed E-state index contributed by atoms with van der Waals surface area (Å²) >= 11 is 30.2. The molecule has 0 atom stereocenters. The number of halogens is 7. The van der Waals surface area contributed by atoms with Crippen molar-refractivity contribution in [2.24, 2.45) is 0 Å². The molecule has 5 nitrogen and oxygen atoms in total. The molecule has 0 amide bonds. The van der Waals surface area contributed by atoms with E-state index in [1.165, 1.54) is 50.6 Å². The number of hydrogen-bond acceptors (Lipinski definition) is 9. The van der Waals surface area contributed by atoms with Gasteiger partial charge in [-0.3, -0.25) is 4.39 Å². The number of hydrogen-bond donors (Lipinski definition) is 4. The van der Waals surface area contributed by atoms with Crippen LogP contribution in [0.25, 0.3) is 22.3 Å². The Hall–Kier alpha value is -6.63. The second-order valence-corrected chi connectivity index (χ2v) is 28.7. The second kappa shape index (κ2) is 34.2. The molecule has 0 saturated heterocycles. The Morgan fingerprint density at radius 2 is 1.02 bits per heavy atom. The zero-order chi connectivity index (χ0) is 67.8. The van der Waals surface area contributed by atoms with Crippen molar-refractivity contribution in [1.82, 2.24) is 0 Å². The fourth-order valence-corrected chi connectivity index (χ4v) is 15.9. The first kappa shape index (κ1) is 75.6. The maximum atomic E-state index is 12.5. The van der Waals surface area contributed by atoms with Gasteiger partial charge in [-0.15, -0.1) is 25.3 Å². The van der Waals surface area contributed by atoms with Crippen molar-refractivity contribution in [2.45, 2.75) is 82.8 Å². The first-order valence-corrected chi connectivity index (χ1v) is 34.6. The van der Waals surface area contributed by atoms with E-state index >= 15 is 0 Å². The molecule has 0 spiro atoms. The SMILES string of the molecule is C.C.CC1(C)c2ccccc2-c2cc(N(c3ccccc3)c3cc(Cl)cc4c3Oc3ccccc3S4)ccc21.CC1(C)c2ccccc2-c2cc(Nc3ccccc3)ccc21.Clc1cc(Br)c2c(c1)Oc1ccccc1S2.Fc1cc(S)cc(Br)c1F.Oc1ccccc1S.[2H]CF.[H-].[Na+]. The molecule has 2 aliphatic heterocycles. The third-order valence-electron chi connectivity index (χ3n) is 16.1. The van der Waals surface area contributed by atoms with Gasteiger partial charge in [0.1, 0.15) is 23.0 Å². The van der Waals surface area contributed by atoms with Crippen LogP contribution in [0.3, 0.4) is 0 Å². The first-order chi connectivity index (χ1) is 46.2. The minimum Gasteiger partial charge on any atom is -1.00 e. The topological polar surface area (TPSA) is 54.0 Å². The number of anilines is 5. The van der Waals surface area contributed by atoms with Crippen LogP contribution in [-0.2, 0) is 10.8 Å². The van der Waals surface area contributed by atoms with Gasteiger partial charge in [-0.05, 0) is 192 Å². The Morgan fingerprint density at radius 1 is 0.510 bits per heavy atom. The monoisotopic (exact) mass is 1560 g/mol. The number of alkyl halides is 1. The number of ether oxygens (including phenoxy) is 2. The van der Waals surface area contributed by atoms with Gasteiger partial charge in [0.05, 0.1) is 38.3 Å². The van der Waals surface area contributed by atoms with Gasteiger partial charge in [0, 0.05) is 64.0 Å². The summed E-state index contributed by atoms with van der Waals surface area (Å²) in [6.45, 7) is 9.23. The van der Waals surface area contributed by atoms with Gasteiger partial charge < -0.3 is 26.2 Å². The summed E-state index contributed by atoms with van der Waals surface area (Å²) < 4.78 is 53.8. The normalized spacial score (nSPS) is 12.6. The van der Waals surface area contributed by atoms with E-state index in [0.717, 1.165) is 81.6 Å². The molecular formula is C81H70Br2Cl2F3N2NaO3S4. The maximum Gasteiger partial charge on any atom is 1.00 e. The summed E-state index contributed by atoms with van der Waals surface area (Å²) in [5.41, 5.74) is 16.1. The number of benzene rings is 12. The first-order valence-electron chi connectivity index (χ1n) is 30.5. The molecule has 0 radical (unpaired) electrons. The average molecular weight is 1560 g/mol. The van der Waals surface area contributed by atoms with Gasteiger partial charge in [-0.2, -0.15) is 0 Å². The van der Waals surface area contributed by atoms with Crippen LogP contribution in [0.2, 0.25) is 10.0 Å². The number of aromatic hydroxyl groups is 1. The molecule has 2 aliphatic carbocycles. The quantitative estimate of drug-likeness (QED) is 0.0778. The zero-order valence-electron chi connectivity index (χ0n) is 54.5. The third kappa shape index (κ3) is 17.0. The molecule has 0 saturated carbocycles. The van der Waals surface area contributed by atoms with Crippen molar-refractivity contribution in [3.8, 4) is 51.0 Å². The predicted molar refractivity (Wildman–Crippen MR) is 416 cm³/mol. The zero-order valence-corrected chi connectivity index (χ0v) is 62.6. The fraction of sp³-hybridized carbons (Fsp3) is 0.111. The summed E-state index contributed by atoms with van der Waals surface area (Å²) in [5.74, 6) is 1.84. The molecule has 2 heterocycles. The van der Waals surface area contributed by atoms with Gasteiger partial charge in [0.25, 0.3) is 0 Å². The van der Waals surface area contributed by atoms with Gasteiger partial charge in [-0.1, -0.05) is 223 Å². The fourth-order valence-electron chi connectivity index (χ4n) is 11.6. The van der Waals surface area contributed by atoms with Crippen LogP contribution in [0.15, 0.2) is 293 Å². The molecule has 17 heteroatoms. The van der Waals surface area contributed by atoms with E-state index in [4.69, 9.17) is 39.2 Å². The summed E-state index contributed by atoms with van der Waals surface area (Å²) in [6.07, 6.45) is 0. The molecule has 12 aromatic rings. The predicted octanol–water partition coefficient (Wildman–Crippen LogP) is 25.1. The third-order valence-corrected chi connectivity index (χ3v) is 20.9. The molecule has 2 N–H and O–H groups in total. The van der Waals surface area contributed by atoms with E-state index in [0.29, 0.717) is 19.8 Å². The largest absolute Gasteiger partial charge is 1.00 e. The molecule has 4 aliphatic rings. The van der Waals surface area contributed by atoms with E-state index in [-0.39, 0.29) is 66.9 Å². The van der Waals surface area contributed by atoms with Crippen LogP contribution in [0.4, 0.5) is 41.6 Å². The average Bonchev–Trinajstić information content (AvgIpc) is 1.55. The van der Waals surface area contributed by atoms with Crippen molar-refractivity contribution in [3.05, 3.63) is 308 Å². The molecule has 16 rings (SSSR count). The Morgan fingerprint density at radius 3 is 1.62 bits per heavy atom. The number of rotatable bonds is 5. The van der Waals surface area contributed by atoms with Crippen LogP contribution in [0.5, 0.6) is 28.7 Å². The number of para-hydroxylation sites is 5. The standard InChI is InChI=1S/C33H24ClNOS.C21H19N.C12H6BrClOS.C6H3BrF2S.C6H6OS.CH3F.2CH4.Na.H/c1-33(2)26-13-7-6-12-24(26)25-20-23(16-17-27(25)33)35(22-10-4-3-5-11-22)28-18-21(34)19-31-32(28)36-29-14-8-9-15-30(29)37-31;1-21(2)19-11-7-6-10-17(19)18-14-16(12-13-20(18)21)22-15-8-4-3-5-9-15;13-8-5-7(14)6-10-12(8)16-11-4-2-1-3-9(11)15-10;7-4-1-3(10)2-5(8)6(4)9;7-5-3-1-2-4-6(5)8;1-2;;;;/h3-20H,1-2H3;3-14,22H,1-2H3;1-6H;1-2,10H;1-4,7-8H;1H3;2*1H4;;/q;;;;;;;;+1;-1/i;;;;;1D;;;;. The van der Waals surface area contributed by atoms with E-state index in [2.05, 4.69) is 222 Å². The minimum atomic E-state index is -1.00. The summed E-state index contributed by atoms with van der Waals surface area (Å²) in [5, 5.41) is 13.7. The molecule has 98 heavy (non-hydrogen) atoms. The summed E-state index contributed by atoms with van der Waals surface area (Å²) in [7, 11) is -1.00. The van der Waals surface area contributed by atoms with Crippen LogP contribution in [-0.4, -0.2) is 12.3 Å². The molecule has 0 bridgehead atoms. The molecule has 0 fully saturated rings. The minimum absolute atomic E-state index is 0. The number of thiol groups is 2. The van der Waals surface area contributed by atoms with Gasteiger partial charge in [-0.25, -0.2) is 8.78 Å².